The van der Waals surface area contributed by atoms with Crippen LogP contribution in [-0.2, 0) is 0 Å². The summed E-state index contributed by atoms with van der Waals surface area (Å²) in [6.45, 7) is 0.391. The SMILES string of the molecule is C#Cc1ccc([C@@H](N)CN)nc1. The first-order chi connectivity index (χ1) is 5.77. The summed E-state index contributed by atoms with van der Waals surface area (Å²) in [6.07, 6.45) is 6.78. The van der Waals surface area contributed by atoms with Crippen LogP contribution < -0.4 is 11.5 Å². The van der Waals surface area contributed by atoms with E-state index in [-0.39, 0.29) is 6.04 Å². The van der Waals surface area contributed by atoms with E-state index in [1.165, 1.54) is 0 Å². The molecule has 0 radical (unpaired) electrons. The first-order valence-electron chi connectivity index (χ1n) is 3.66. The van der Waals surface area contributed by atoms with Gasteiger partial charge >= 0.3 is 0 Å². The lowest BCUT2D eigenvalue weighted by Gasteiger charge is -2.06. The molecular formula is C9H11N3. The predicted molar refractivity (Wildman–Crippen MR) is 48.2 cm³/mol. The number of pyridine rings is 1. The van der Waals surface area contributed by atoms with Crippen molar-refractivity contribution in [3.8, 4) is 12.3 Å². The number of hydrogen-bond donors (Lipinski definition) is 2. The summed E-state index contributed by atoms with van der Waals surface area (Å²) >= 11 is 0. The maximum Gasteiger partial charge on any atom is 0.0594 e. The highest BCUT2D eigenvalue weighted by Gasteiger charge is 2.03. The van der Waals surface area contributed by atoms with Gasteiger partial charge in [0.2, 0.25) is 0 Å². The second-order valence-electron chi connectivity index (χ2n) is 2.46. The Morgan fingerprint density at radius 1 is 1.58 bits per heavy atom. The molecule has 0 saturated heterocycles. The van der Waals surface area contributed by atoms with Crippen molar-refractivity contribution in [2.75, 3.05) is 6.54 Å². The minimum atomic E-state index is -0.197. The minimum absolute atomic E-state index is 0.197. The van der Waals surface area contributed by atoms with Crippen LogP contribution >= 0.6 is 0 Å². The van der Waals surface area contributed by atoms with E-state index in [4.69, 9.17) is 17.9 Å². The van der Waals surface area contributed by atoms with E-state index in [1.54, 1.807) is 18.3 Å². The van der Waals surface area contributed by atoms with Crippen LogP contribution in [0.2, 0.25) is 0 Å². The van der Waals surface area contributed by atoms with Crippen LogP contribution in [0.15, 0.2) is 18.3 Å². The summed E-state index contributed by atoms with van der Waals surface area (Å²) in [5, 5.41) is 0. The van der Waals surface area contributed by atoms with Gasteiger partial charge in [-0.25, -0.2) is 0 Å². The number of nitrogens with two attached hydrogens (primary N) is 2. The maximum atomic E-state index is 5.65. The maximum absolute atomic E-state index is 5.65. The van der Waals surface area contributed by atoms with E-state index in [9.17, 15) is 0 Å². The Kier molecular flexibility index (Phi) is 2.81. The largest absolute Gasteiger partial charge is 0.329 e. The molecule has 0 aromatic carbocycles. The molecule has 0 amide bonds. The molecule has 0 saturated carbocycles. The monoisotopic (exact) mass is 161 g/mol. The molecule has 4 N–H and O–H groups in total. The van der Waals surface area contributed by atoms with Crippen molar-refractivity contribution in [1.29, 1.82) is 0 Å². The molecule has 12 heavy (non-hydrogen) atoms. The summed E-state index contributed by atoms with van der Waals surface area (Å²) in [5.74, 6) is 2.48. The normalized spacial score (nSPS) is 12.1. The molecule has 0 unspecified atom stereocenters. The number of aromatic nitrogens is 1. The van der Waals surface area contributed by atoms with Gasteiger partial charge in [0.05, 0.1) is 11.7 Å². The third-order valence-corrected chi connectivity index (χ3v) is 1.59. The Balaban J connectivity index is 2.86. The molecule has 0 aliphatic carbocycles. The van der Waals surface area contributed by atoms with Crippen LogP contribution in [0.25, 0.3) is 0 Å². The zero-order valence-corrected chi connectivity index (χ0v) is 6.70. The van der Waals surface area contributed by atoms with E-state index in [1.807, 2.05) is 0 Å². The van der Waals surface area contributed by atoms with Crippen LogP contribution in [0.4, 0.5) is 0 Å². The third-order valence-electron chi connectivity index (χ3n) is 1.59. The van der Waals surface area contributed by atoms with E-state index in [0.29, 0.717) is 6.54 Å². The van der Waals surface area contributed by atoms with Crippen molar-refractivity contribution in [3.63, 3.8) is 0 Å². The fourth-order valence-corrected chi connectivity index (χ4v) is 0.831. The minimum Gasteiger partial charge on any atom is -0.329 e. The molecule has 1 atom stereocenters. The number of rotatable bonds is 2. The highest BCUT2D eigenvalue weighted by molar-refractivity contribution is 5.30. The van der Waals surface area contributed by atoms with Gasteiger partial charge in [-0.2, -0.15) is 0 Å². The quantitative estimate of drug-likeness (QED) is 0.601. The average molecular weight is 161 g/mol. The summed E-state index contributed by atoms with van der Waals surface area (Å²) in [7, 11) is 0. The highest BCUT2D eigenvalue weighted by atomic mass is 14.8. The highest BCUT2D eigenvalue weighted by Crippen LogP contribution is 2.05. The van der Waals surface area contributed by atoms with Gasteiger partial charge in [-0.1, -0.05) is 5.92 Å². The molecule has 0 fully saturated rings. The Labute approximate surface area is 71.8 Å². The van der Waals surface area contributed by atoms with Gasteiger partial charge in [0.1, 0.15) is 0 Å². The lowest BCUT2D eigenvalue weighted by Crippen LogP contribution is -2.21. The Bertz CT molecular complexity index is 284. The van der Waals surface area contributed by atoms with Crippen LogP contribution in [0.1, 0.15) is 17.3 Å². The van der Waals surface area contributed by atoms with E-state index in [2.05, 4.69) is 10.9 Å². The Hall–Kier alpha value is -1.37. The Morgan fingerprint density at radius 3 is 2.75 bits per heavy atom. The van der Waals surface area contributed by atoms with E-state index in [0.717, 1.165) is 11.3 Å². The van der Waals surface area contributed by atoms with Gasteiger partial charge in [-0.3, -0.25) is 4.98 Å². The van der Waals surface area contributed by atoms with Gasteiger partial charge in [-0.15, -0.1) is 6.42 Å². The predicted octanol–water partition coefficient (Wildman–Crippen LogP) is 0.0214. The molecule has 0 bridgehead atoms. The van der Waals surface area contributed by atoms with Crippen LogP contribution in [-0.4, -0.2) is 11.5 Å². The fraction of sp³-hybridized carbons (Fsp3) is 0.222. The topological polar surface area (TPSA) is 64.9 Å². The fourth-order valence-electron chi connectivity index (χ4n) is 0.831. The van der Waals surface area contributed by atoms with Crippen molar-refractivity contribution in [1.82, 2.24) is 4.98 Å². The number of terminal acetylenes is 1. The van der Waals surface area contributed by atoms with Crippen LogP contribution in [0, 0.1) is 12.3 Å². The first-order valence-corrected chi connectivity index (χ1v) is 3.66. The molecule has 0 aliphatic rings. The number of hydrogen-bond acceptors (Lipinski definition) is 3. The molecule has 0 spiro atoms. The van der Waals surface area contributed by atoms with Crippen molar-refractivity contribution in [2.45, 2.75) is 6.04 Å². The van der Waals surface area contributed by atoms with Gasteiger partial charge < -0.3 is 11.5 Å². The lowest BCUT2D eigenvalue weighted by atomic mass is 10.2. The lowest BCUT2D eigenvalue weighted by molar-refractivity contribution is 0.711. The standard InChI is InChI=1S/C9H11N3/c1-2-7-3-4-9(12-6-7)8(11)5-10/h1,3-4,6,8H,5,10-11H2/t8-/m0/s1. The van der Waals surface area contributed by atoms with Crippen molar-refractivity contribution in [3.05, 3.63) is 29.6 Å². The summed E-state index contributed by atoms with van der Waals surface area (Å²) in [4.78, 5) is 4.07. The molecule has 3 heteroatoms. The third kappa shape index (κ3) is 1.82. The zero-order valence-electron chi connectivity index (χ0n) is 6.70. The van der Waals surface area contributed by atoms with Gasteiger partial charge in [-0.05, 0) is 12.1 Å². The second-order valence-corrected chi connectivity index (χ2v) is 2.46. The van der Waals surface area contributed by atoms with Crippen molar-refractivity contribution >= 4 is 0 Å². The molecule has 0 aliphatic heterocycles. The molecular weight excluding hydrogens is 150 g/mol. The van der Waals surface area contributed by atoms with E-state index < -0.39 is 0 Å². The van der Waals surface area contributed by atoms with E-state index >= 15 is 0 Å². The summed E-state index contributed by atoms with van der Waals surface area (Å²) in [5.41, 5.74) is 12.5. The zero-order chi connectivity index (χ0) is 8.97. The van der Waals surface area contributed by atoms with Crippen LogP contribution in [0.3, 0.4) is 0 Å². The molecule has 62 valence electrons. The van der Waals surface area contributed by atoms with Gasteiger partial charge in [0.25, 0.3) is 0 Å². The molecule has 1 aromatic heterocycles. The van der Waals surface area contributed by atoms with Crippen molar-refractivity contribution in [2.24, 2.45) is 11.5 Å². The second kappa shape index (κ2) is 3.86. The average Bonchev–Trinajstić information content (AvgIpc) is 2.17. The van der Waals surface area contributed by atoms with Gasteiger partial charge in [0, 0.05) is 18.3 Å². The first kappa shape index (κ1) is 8.72. The summed E-state index contributed by atoms with van der Waals surface area (Å²) in [6, 6.07) is 3.40. The molecule has 3 nitrogen and oxygen atoms in total. The van der Waals surface area contributed by atoms with Crippen LogP contribution in [0.5, 0.6) is 0 Å². The Morgan fingerprint density at radius 2 is 2.33 bits per heavy atom. The van der Waals surface area contributed by atoms with Crippen molar-refractivity contribution < 1.29 is 0 Å². The molecule has 1 heterocycles. The molecule has 1 aromatic rings. The smallest absolute Gasteiger partial charge is 0.0594 e. The number of nitrogens with zero attached hydrogens (tertiary/aromatic N) is 1. The van der Waals surface area contributed by atoms with Gasteiger partial charge in [0.15, 0.2) is 0 Å². The summed E-state index contributed by atoms with van der Waals surface area (Å²) < 4.78 is 0. The molecule has 1 rings (SSSR count).